The molecule has 22 heavy (non-hydrogen) atoms. The van der Waals surface area contributed by atoms with Gasteiger partial charge in [-0.1, -0.05) is 12.1 Å². The van der Waals surface area contributed by atoms with Gasteiger partial charge in [0, 0.05) is 16.6 Å². The lowest BCUT2D eigenvalue weighted by atomic mass is 10.2. The SMILES string of the molecule is Cc1cccc(OCC(=O)Nc2ccc([N+](=O)[O-])cc2Br)c1. The molecule has 2 aromatic rings. The first-order chi connectivity index (χ1) is 10.5. The maximum atomic E-state index is 11.9. The summed E-state index contributed by atoms with van der Waals surface area (Å²) < 4.78 is 5.82. The van der Waals surface area contributed by atoms with Gasteiger partial charge in [-0.05, 0) is 46.6 Å². The third-order valence-electron chi connectivity index (χ3n) is 2.80. The number of carbonyl (C=O) groups excluding carboxylic acids is 1. The van der Waals surface area contributed by atoms with Crippen LogP contribution in [0, 0.1) is 17.0 Å². The fraction of sp³-hybridized carbons (Fsp3) is 0.133. The van der Waals surface area contributed by atoms with Crippen LogP contribution in [0.4, 0.5) is 11.4 Å². The van der Waals surface area contributed by atoms with Gasteiger partial charge in [0.05, 0.1) is 10.6 Å². The number of hydrogen-bond donors (Lipinski definition) is 1. The molecule has 0 spiro atoms. The molecule has 2 aromatic carbocycles. The largest absolute Gasteiger partial charge is 0.484 e. The lowest BCUT2D eigenvalue weighted by Gasteiger charge is -2.09. The highest BCUT2D eigenvalue weighted by Gasteiger charge is 2.11. The zero-order valence-corrected chi connectivity index (χ0v) is 13.3. The summed E-state index contributed by atoms with van der Waals surface area (Å²) in [6.45, 7) is 1.79. The van der Waals surface area contributed by atoms with Crippen LogP contribution in [-0.4, -0.2) is 17.4 Å². The van der Waals surface area contributed by atoms with Crippen LogP contribution >= 0.6 is 15.9 Å². The van der Waals surface area contributed by atoms with Crippen LogP contribution in [0.1, 0.15) is 5.56 Å². The standard InChI is InChI=1S/C15H13BrN2O4/c1-10-3-2-4-12(7-10)22-9-15(19)17-14-6-5-11(18(20)21)8-13(14)16/h2-8H,9H2,1H3,(H,17,19). The first kappa shape index (κ1) is 16.0. The quantitative estimate of drug-likeness (QED) is 0.647. The van der Waals surface area contributed by atoms with Crippen LogP contribution in [-0.2, 0) is 4.79 Å². The summed E-state index contributed by atoms with van der Waals surface area (Å²) in [4.78, 5) is 22.0. The van der Waals surface area contributed by atoms with Crippen molar-refractivity contribution in [2.75, 3.05) is 11.9 Å². The number of nitrogens with zero attached hydrogens (tertiary/aromatic N) is 1. The Kier molecular flexibility index (Phi) is 5.11. The highest BCUT2D eigenvalue weighted by atomic mass is 79.9. The smallest absolute Gasteiger partial charge is 0.270 e. The number of carbonyl (C=O) groups is 1. The molecule has 0 atom stereocenters. The van der Waals surface area contributed by atoms with E-state index in [2.05, 4.69) is 21.2 Å². The van der Waals surface area contributed by atoms with E-state index in [0.29, 0.717) is 15.9 Å². The molecule has 0 aliphatic carbocycles. The van der Waals surface area contributed by atoms with Crippen molar-refractivity contribution in [1.29, 1.82) is 0 Å². The Hall–Kier alpha value is -2.41. The maximum absolute atomic E-state index is 11.9. The molecule has 7 heteroatoms. The van der Waals surface area contributed by atoms with Gasteiger partial charge in [0.15, 0.2) is 6.61 Å². The third-order valence-corrected chi connectivity index (χ3v) is 3.45. The zero-order valence-electron chi connectivity index (χ0n) is 11.7. The van der Waals surface area contributed by atoms with Crippen LogP contribution in [0.15, 0.2) is 46.9 Å². The van der Waals surface area contributed by atoms with E-state index in [1.165, 1.54) is 18.2 Å². The minimum absolute atomic E-state index is 0.0547. The Morgan fingerprint density at radius 3 is 2.73 bits per heavy atom. The molecule has 0 radical (unpaired) electrons. The zero-order chi connectivity index (χ0) is 16.1. The fourth-order valence-corrected chi connectivity index (χ4v) is 2.23. The summed E-state index contributed by atoms with van der Waals surface area (Å²) in [5.74, 6) is 0.258. The predicted molar refractivity (Wildman–Crippen MR) is 86.1 cm³/mol. The van der Waals surface area contributed by atoms with Gasteiger partial charge in [0.2, 0.25) is 0 Å². The number of aryl methyl sites for hydroxylation is 1. The highest BCUT2D eigenvalue weighted by molar-refractivity contribution is 9.10. The highest BCUT2D eigenvalue weighted by Crippen LogP contribution is 2.27. The number of hydrogen-bond acceptors (Lipinski definition) is 4. The van der Waals surface area contributed by atoms with Gasteiger partial charge in [-0.15, -0.1) is 0 Å². The van der Waals surface area contributed by atoms with Crippen LogP contribution < -0.4 is 10.1 Å². The summed E-state index contributed by atoms with van der Waals surface area (Å²) in [7, 11) is 0. The Bertz CT molecular complexity index is 718. The Balaban J connectivity index is 1.96. The second kappa shape index (κ2) is 7.04. The van der Waals surface area contributed by atoms with Crippen molar-refractivity contribution < 1.29 is 14.5 Å². The Morgan fingerprint density at radius 1 is 1.32 bits per heavy atom. The molecule has 1 amide bonds. The number of anilines is 1. The monoisotopic (exact) mass is 364 g/mol. The molecule has 0 aliphatic heterocycles. The molecule has 0 bridgehead atoms. The molecular formula is C15H13BrN2O4. The fourth-order valence-electron chi connectivity index (χ4n) is 1.76. The van der Waals surface area contributed by atoms with E-state index >= 15 is 0 Å². The number of benzene rings is 2. The van der Waals surface area contributed by atoms with E-state index in [1.807, 2.05) is 25.1 Å². The molecule has 1 N–H and O–H groups in total. The van der Waals surface area contributed by atoms with Crippen molar-refractivity contribution in [2.24, 2.45) is 0 Å². The number of nitro groups is 1. The first-order valence-corrected chi connectivity index (χ1v) is 7.18. The molecule has 0 fully saturated rings. The maximum Gasteiger partial charge on any atom is 0.270 e. The van der Waals surface area contributed by atoms with E-state index in [0.717, 1.165) is 5.56 Å². The molecule has 0 heterocycles. The number of ether oxygens (including phenoxy) is 1. The van der Waals surface area contributed by atoms with Crippen LogP contribution in [0.2, 0.25) is 0 Å². The normalized spacial score (nSPS) is 10.1. The van der Waals surface area contributed by atoms with Crippen molar-refractivity contribution in [1.82, 2.24) is 0 Å². The van der Waals surface area contributed by atoms with Crippen molar-refractivity contribution in [3.05, 3.63) is 62.6 Å². The topological polar surface area (TPSA) is 81.5 Å². The van der Waals surface area contributed by atoms with Crippen molar-refractivity contribution >= 4 is 33.2 Å². The van der Waals surface area contributed by atoms with Gasteiger partial charge < -0.3 is 10.1 Å². The number of amides is 1. The van der Waals surface area contributed by atoms with Gasteiger partial charge in [0.1, 0.15) is 5.75 Å². The second-order valence-corrected chi connectivity index (χ2v) is 5.43. The summed E-state index contributed by atoms with van der Waals surface area (Å²) in [5.41, 5.74) is 1.43. The third kappa shape index (κ3) is 4.29. The Morgan fingerprint density at radius 2 is 2.09 bits per heavy atom. The molecule has 0 saturated carbocycles. The lowest BCUT2D eigenvalue weighted by Crippen LogP contribution is -2.20. The molecular weight excluding hydrogens is 352 g/mol. The van der Waals surface area contributed by atoms with Crippen molar-refractivity contribution in [3.8, 4) is 5.75 Å². The lowest BCUT2D eigenvalue weighted by molar-refractivity contribution is -0.384. The summed E-state index contributed by atoms with van der Waals surface area (Å²) >= 11 is 3.19. The van der Waals surface area contributed by atoms with Gasteiger partial charge >= 0.3 is 0 Å². The van der Waals surface area contributed by atoms with Gasteiger partial charge in [-0.2, -0.15) is 0 Å². The van der Waals surface area contributed by atoms with Crippen LogP contribution in [0.5, 0.6) is 5.75 Å². The average molecular weight is 365 g/mol. The van der Waals surface area contributed by atoms with Gasteiger partial charge in [0.25, 0.3) is 11.6 Å². The molecule has 0 aliphatic rings. The molecule has 0 aromatic heterocycles. The minimum atomic E-state index is -0.503. The first-order valence-electron chi connectivity index (χ1n) is 6.39. The van der Waals surface area contributed by atoms with Crippen molar-refractivity contribution in [2.45, 2.75) is 6.92 Å². The molecule has 6 nitrogen and oxygen atoms in total. The number of non-ortho nitro benzene ring substituents is 1. The molecule has 2 rings (SSSR count). The summed E-state index contributed by atoms with van der Waals surface area (Å²) in [6, 6.07) is 11.5. The van der Waals surface area contributed by atoms with Gasteiger partial charge in [-0.3, -0.25) is 14.9 Å². The number of rotatable bonds is 5. The number of nitrogens with one attached hydrogen (secondary N) is 1. The molecule has 114 valence electrons. The summed E-state index contributed by atoms with van der Waals surface area (Å²) in [5, 5.41) is 13.3. The Labute approximate surface area is 135 Å². The minimum Gasteiger partial charge on any atom is -0.484 e. The van der Waals surface area contributed by atoms with Gasteiger partial charge in [-0.25, -0.2) is 0 Å². The van der Waals surface area contributed by atoms with Crippen LogP contribution in [0.25, 0.3) is 0 Å². The van der Waals surface area contributed by atoms with E-state index in [9.17, 15) is 14.9 Å². The van der Waals surface area contributed by atoms with E-state index in [-0.39, 0.29) is 18.2 Å². The van der Waals surface area contributed by atoms with E-state index in [4.69, 9.17) is 4.74 Å². The second-order valence-electron chi connectivity index (χ2n) is 4.57. The predicted octanol–water partition coefficient (Wildman–Crippen LogP) is 3.68. The number of nitro benzene ring substituents is 1. The molecule has 0 saturated heterocycles. The van der Waals surface area contributed by atoms with Crippen LogP contribution in [0.3, 0.4) is 0 Å². The summed E-state index contributed by atoms with van der Waals surface area (Å²) in [6.07, 6.45) is 0. The van der Waals surface area contributed by atoms with E-state index in [1.54, 1.807) is 6.07 Å². The van der Waals surface area contributed by atoms with Crippen molar-refractivity contribution in [3.63, 3.8) is 0 Å². The average Bonchev–Trinajstić information content (AvgIpc) is 2.47. The number of halogens is 1. The molecule has 0 unspecified atom stereocenters. The van der Waals surface area contributed by atoms with E-state index < -0.39 is 4.92 Å².